The Morgan fingerprint density at radius 3 is 2.50 bits per heavy atom. The molecule has 0 spiro atoms. The molecule has 0 bridgehead atoms. The molecule has 1 unspecified atom stereocenters. The van der Waals surface area contributed by atoms with Crippen LogP contribution in [0.4, 0.5) is 10.5 Å². The monoisotopic (exact) mass is 529 g/mol. The fraction of sp³-hybridized carbons (Fsp3) is 0.419. The molecule has 38 heavy (non-hydrogen) atoms. The van der Waals surface area contributed by atoms with Crippen LogP contribution in [0.2, 0.25) is 0 Å². The molecule has 2 aromatic heterocycles. The zero-order valence-corrected chi connectivity index (χ0v) is 23.4. The Balaban J connectivity index is 1.44. The van der Waals surface area contributed by atoms with Gasteiger partial charge in [0.25, 0.3) is 0 Å². The number of aryl methyl sites for hydroxylation is 2. The van der Waals surface area contributed by atoms with Gasteiger partial charge in [0.2, 0.25) is 0 Å². The number of nitrogens with one attached hydrogen (secondary N) is 1. The van der Waals surface area contributed by atoms with E-state index in [0.717, 1.165) is 53.4 Å². The van der Waals surface area contributed by atoms with Crippen molar-refractivity contribution in [1.29, 1.82) is 0 Å². The predicted octanol–water partition coefficient (Wildman–Crippen LogP) is 8.52. The molecule has 6 rings (SSSR count). The summed E-state index contributed by atoms with van der Waals surface area (Å²) in [5, 5.41) is 5.15. The molecule has 2 aliphatic rings. The van der Waals surface area contributed by atoms with E-state index in [2.05, 4.69) is 54.1 Å². The largest absolute Gasteiger partial charge is 0.494 e. The highest BCUT2D eigenvalue weighted by molar-refractivity contribution is 7.15. The molecule has 2 aromatic carbocycles. The molecule has 0 radical (unpaired) electrons. The Morgan fingerprint density at radius 1 is 1.13 bits per heavy atom. The Morgan fingerprint density at radius 2 is 1.89 bits per heavy atom. The highest BCUT2D eigenvalue weighted by Crippen LogP contribution is 2.48. The van der Waals surface area contributed by atoms with Crippen LogP contribution in [0.1, 0.15) is 62.6 Å². The van der Waals surface area contributed by atoms with Crippen LogP contribution in [0.3, 0.4) is 0 Å². The van der Waals surface area contributed by atoms with Crippen LogP contribution in [-0.4, -0.2) is 28.4 Å². The van der Waals surface area contributed by atoms with E-state index in [0.29, 0.717) is 18.6 Å². The summed E-state index contributed by atoms with van der Waals surface area (Å²) in [4.78, 5) is 18.7. The minimum absolute atomic E-state index is 0.0400. The topological polar surface area (TPSA) is 65.4 Å². The SMILES string of the molecule is CCOc1ccc2c(-c3nc(C)c(C)s3)c(-c3ccc(NC(=O)OC(C)C4CC4)cc3)n(C3CCC3)c2c1. The van der Waals surface area contributed by atoms with Gasteiger partial charge in [0.15, 0.2) is 0 Å². The van der Waals surface area contributed by atoms with E-state index in [1.165, 1.54) is 33.5 Å². The first-order valence-electron chi connectivity index (χ1n) is 13.8. The maximum atomic E-state index is 12.4. The number of ether oxygens (including phenoxy) is 2. The second-order valence-electron chi connectivity index (χ2n) is 10.6. The number of anilines is 1. The zero-order valence-electron chi connectivity index (χ0n) is 22.5. The normalized spacial score (nSPS) is 16.3. The van der Waals surface area contributed by atoms with Crippen LogP contribution in [0.5, 0.6) is 5.75 Å². The van der Waals surface area contributed by atoms with Crippen molar-refractivity contribution in [3.05, 3.63) is 53.0 Å². The third-order valence-corrected chi connectivity index (χ3v) is 9.04. The molecular weight excluding hydrogens is 494 g/mol. The van der Waals surface area contributed by atoms with Crippen molar-refractivity contribution in [3.8, 4) is 27.6 Å². The molecule has 2 saturated carbocycles. The Labute approximate surface area is 228 Å². The van der Waals surface area contributed by atoms with Gasteiger partial charge in [-0.15, -0.1) is 11.3 Å². The molecule has 7 heteroatoms. The van der Waals surface area contributed by atoms with E-state index < -0.39 is 6.09 Å². The number of aromatic nitrogens is 2. The van der Waals surface area contributed by atoms with Crippen molar-refractivity contribution in [2.75, 3.05) is 11.9 Å². The number of hydrogen-bond acceptors (Lipinski definition) is 5. The van der Waals surface area contributed by atoms with Gasteiger partial charge < -0.3 is 14.0 Å². The van der Waals surface area contributed by atoms with Crippen molar-refractivity contribution in [3.63, 3.8) is 0 Å². The third kappa shape index (κ3) is 4.68. The lowest BCUT2D eigenvalue weighted by molar-refractivity contribution is 0.108. The van der Waals surface area contributed by atoms with Gasteiger partial charge in [0.05, 0.1) is 23.5 Å². The molecular formula is C31H35N3O3S. The Hall–Kier alpha value is -3.32. The number of nitrogens with zero attached hydrogens (tertiary/aromatic N) is 2. The van der Waals surface area contributed by atoms with Crippen LogP contribution in [0, 0.1) is 19.8 Å². The average Bonchev–Trinajstić information content (AvgIpc) is 3.60. The van der Waals surface area contributed by atoms with Gasteiger partial charge >= 0.3 is 6.09 Å². The molecule has 1 amide bonds. The summed E-state index contributed by atoms with van der Waals surface area (Å²) in [6.45, 7) is 8.84. The number of carbonyl (C=O) groups excluding carboxylic acids is 1. The number of benzene rings is 2. The summed E-state index contributed by atoms with van der Waals surface area (Å²) in [6, 6.07) is 15.0. The average molecular weight is 530 g/mol. The van der Waals surface area contributed by atoms with Gasteiger partial charge in [-0.2, -0.15) is 0 Å². The molecule has 2 heterocycles. The second kappa shape index (κ2) is 10.1. The number of amides is 1. The van der Waals surface area contributed by atoms with Gasteiger partial charge in [-0.25, -0.2) is 9.78 Å². The molecule has 4 aromatic rings. The van der Waals surface area contributed by atoms with Crippen molar-refractivity contribution < 1.29 is 14.3 Å². The van der Waals surface area contributed by atoms with Crippen LogP contribution in [0.15, 0.2) is 42.5 Å². The van der Waals surface area contributed by atoms with Crippen LogP contribution in [-0.2, 0) is 4.74 Å². The lowest BCUT2D eigenvalue weighted by Crippen LogP contribution is -2.21. The molecule has 0 saturated heterocycles. The molecule has 1 atom stereocenters. The van der Waals surface area contributed by atoms with E-state index in [9.17, 15) is 4.79 Å². The summed E-state index contributed by atoms with van der Waals surface area (Å²) in [7, 11) is 0. The maximum Gasteiger partial charge on any atom is 0.411 e. The minimum atomic E-state index is -0.390. The van der Waals surface area contributed by atoms with Crippen molar-refractivity contribution in [2.45, 2.75) is 71.9 Å². The van der Waals surface area contributed by atoms with Gasteiger partial charge in [0.1, 0.15) is 16.9 Å². The molecule has 2 aliphatic carbocycles. The number of hydrogen-bond donors (Lipinski definition) is 1. The molecule has 6 nitrogen and oxygen atoms in total. The van der Waals surface area contributed by atoms with Gasteiger partial charge in [-0.1, -0.05) is 12.1 Å². The standard InChI is InChI=1S/C31H35N3O3S/c1-5-36-25-15-16-26-27(17-25)34(24-7-6-8-24)29(28(26)30-32-18(2)20(4)38-30)22-11-13-23(14-12-22)33-31(35)37-19(3)21-9-10-21/h11-17,19,21,24H,5-10H2,1-4H3,(H,33,35). The summed E-state index contributed by atoms with van der Waals surface area (Å²) in [5.41, 5.74) is 6.46. The predicted molar refractivity (Wildman–Crippen MR) is 154 cm³/mol. The molecule has 198 valence electrons. The quantitative estimate of drug-likeness (QED) is 0.248. The van der Waals surface area contributed by atoms with Crippen LogP contribution >= 0.6 is 11.3 Å². The smallest absolute Gasteiger partial charge is 0.411 e. The highest BCUT2D eigenvalue weighted by atomic mass is 32.1. The Bertz CT molecular complexity index is 1460. The number of fused-ring (bicyclic) bond motifs is 1. The van der Waals surface area contributed by atoms with E-state index in [4.69, 9.17) is 14.5 Å². The van der Waals surface area contributed by atoms with Crippen LogP contribution < -0.4 is 10.1 Å². The first kappa shape index (κ1) is 25.0. The van der Waals surface area contributed by atoms with Crippen LogP contribution in [0.25, 0.3) is 32.7 Å². The van der Waals surface area contributed by atoms with Gasteiger partial charge in [0, 0.05) is 33.6 Å². The van der Waals surface area contributed by atoms with Crippen molar-refractivity contribution in [1.82, 2.24) is 9.55 Å². The zero-order chi connectivity index (χ0) is 26.4. The summed E-state index contributed by atoms with van der Waals surface area (Å²) >= 11 is 1.75. The van der Waals surface area contributed by atoms with E-state index in [-0.39, 0.29) is 6.10 Å². The highest BCUT2D eigenvalue weighted by Gasteiger charge is 2.31. The number of carbonyl (C=O) groups is 1. The van der Waals surface area contributed by atoms with E-state index in [1.807, 2.05) is 26.0 Å². The first-order valence-corrected chi connectivity index (χ1v) is 14.6. The number of rotatable bonds is 8. The fourth-order valence-corrected chi connectivity index (χ4v) is 6.31. The number of thiazole rings is 1. The minimum Gasteiger partial charge on any atom is -0.494 e. The van der Waals surface area contributed by atoms with E-state index in [1.54, 1.807) is 11.3 Å². The Kier molecular flexibility index (Phi) is 6.64. The summed E-state index contributed by atoms with van der Waals surface area (Å²) in [6.07, 6.45) is 5.42. The first-order chi connectivity index (χ1) is 18.4. The third-order valence-electron chi connectivity index (χ3n) is 7.95. The van der Waals surface area contributed by atoms with Crippen molar-refractivity contribution >= 4 is 34.0 Å². The fourth-order valence-electron chi connectivity index (χ4n) is 5.34. The lowest BCUT2D eigenvalue weighted by Gasteiger charge is -2.30. The van der Waals surface area contributed by atoms with Gasteiger partial charge in [-0.05, 0) is 95.5 Å². The summed E-state index contributed by atoms with van der Waals surface area (Å²) in [5.74, 6) is 1.40. The second-order valence-corrected chi connectivity index (χ2v) is 11.8. The summed E-state index contributed by atoms with van der Waals surface area (Å²) < 4.78 is 14.0. The lowest BCUT2D eigenvalue weighted by atomic mass is 9.92. The molecule has 2 fully saturated rings. The van der Waals surface area contributed by atoms with Gasteiger partial charge in [-0.3, -0.25) is 5.32 Å². The van der Waals surface area contributed by atoms with Crippen molar-refractivity contribution in [2.24, 2.45) is 5.92 Å². The molecule has 0 aliphatic heterocycles. The van der Waals surface area contributed by atoms with E-state index >= 15 is 0 Å². The maximum absolute atomic E-state index is 12.4. The molecule has 1 N–H and O–H groups in total.